The number of carbonyl (C=O) groups excluding carboxylic acids is 1. The topological polar surface area (TPSA) is 58.8 Å². The molecule has 140 valence electrons. The summed E-state index contributed by atoms with van der Waals surface area (Å²) >= 11 is 1.81. The number of carbonyl (C=O) groups is 1. The minimum Gasteiger partial charge on any atom is -0.444 e. The molecule has 2 N–H and O–H groups in total. The number of rotatable bonds is 6. The van der Waals surface area contributed by atoms with Gasteiger partial charge in [0.15, 0.2) is 0 Å². The Hall–Kier alpha value is -1.24. The van der Waals surface area contributed by atoms with Crippen molar-refractivity contribution >= 4 is 17.9 Å². The molecule has 0 aromatic heterocycles. The molecule has 5 nitrogen and oxygen atoms in total. The van der Waals surface area contributed by atoms with E-state index in [1.54, 1.807) is 4.90 Å². The molecular formula is C19H31N3O2S. The quantitative estimate of drug-likeness (QED) is 0.785. The first-order valence-corrected chi connectivity index (χ1v) is 9.96. The predicted octanol–water partition coefficient (Wildman–Crippen LogP) is 3.05. The number of piperazine rings is 1. The van der Waals surface area contributed by atoms with Gasteiger partial charge in [-0.15, -0.1) is 11.8 Å². The summed E-state index contributed by atoms with van der Waals surface area (Å²) in [5.74, 6) is 0.932. The average Bonchev–Trinajstić information content (AvgIpc) is 2.58. The second-order valence-electron chi connectivity index (χ2n) is 7.48. The van der Waals surface area contributed by atoms with Crippen LogP contribution >= 0.6 is 11.8 Å². The van der Waals surface area contributed by atoms with Crippen LogP contribution in [0, 0.1) is 0 Å². The summed E-state index contributed by atoms with van der Waals surface area (Å²) in [6.45, 7) is 9.90. The van der Waals surface area contributed by atoms with Gasteiger partial charge in [0.1, 0.15) is 5.60 Å². The first-order valence-electron chi connectivity index (χ1n) is 8.97. The molecule has 0 saturated carbocycles. The fraction of sp³-hybridized carbons (Fsp3) is 0.632. The van der Waals surface area contributed by atoms with Crippen LogP contribution in [0.5, 0.6) is 0 Å². The van der Waals surface area contributed by atoms with Crippen molar-refractivity contribution in [3.63, 3.8) is 0 Å². The van der Waals surface area contributed by atoms with Gasteiger partial charge in [0.25, 0.3) is 0 Å². The second kappa shape index (κ2) is 9.46. The average molecular weight is 366 g/mol. The number of amides is 1. The van der Waals surface area contributed by atoms with Crippen LogP contribution in [-0.4, -0.2) is 66.0 Å². The highest BCUT2D eigenvalue weighted by molar-refractivity contribution is 7.99. The highest BCUT2D eigenvalue weighted by Crippen LogP contribution is 2.18. The fourth-order valence-corrected chi connectivity index (χ4v) is 3.56. The summed E-state index contributed by atoms with van der Waals surface area (Å²) in [6, 6.07) is 10.6. The van der Waals surface area contributed by atoms with E-state index in [2.05, 4.69) is 29.2 Å². The Kier molecular flexibility index (Phi) is 7.59. The van der Waals surface area contributed by atoms with Crippen molar-refractivity contribution < 1.29 is 9.53 Å². The third-order valence-electron chi connectivity index (χ3n) is 4.05. The Morgan fingerprint density at radius 3 is 2.44 bits per heavy atom. The molecular weight excluding hydrogens is 334 g/mol. The van der Waals surface area contributed by atoms with Gasteiger partial charge in [-0.2, -0.15) is 0 Å². The SMILES string of the molecule is CC(C)(C)OC(=O)N1CCN(CC[C@@H](N)CSc2ccccc2)CC1. The summed E-state index contributed by atoms with van der Waals surface area (Å²) in [7, 11) is 0. The van der Waals surface area contributed by atoms with Gasteiger partial charge < -0.3 is 15.4 Å². The Morgan fingerprint density at radius 2 is 1.84 bits per heavy atom. The molecule has 1 saturated heterocycles. The zero-order valence-corrected chi connectivity index (χ0v) is 16.4. The normalized spacial score (nSPS) is 17.4. The molecule has 1 amide bonds. The summed E-state index contributed by atoms with van der Waals surface area (Å²) in [5, 5.41) is 0. The van der Waals surface area contributed by atoms with Gasteiger partial charge in [0, 0.05) is 42.9 Å². The lowest BCUT2D eigenvalue weighted by Crippen LogP contribution is -2.50. The minimum atomic E-state index is -0.433. The number of hydrogen-bond acceptors (Lipinski definition) is 5. The number of nitrogens with two attached hydrogens (primary N) is 1. The number of nitrogens with zero attached hydrogens (tertiary/aromatic N) is 2. The molecule has 2 rings (SSSR count). The van der Waals surface area contributed by atoms with Gasteiger partial charge in [0.2, 0.25) is 0 Å². The molecule has 25 heavy (non-hydrogen) atoms. The van der Waals surface area contributed by atoms with Crippen LogP contribution in [0.1, 0.15) is 27.2 Å². The van der Waals surface area contributed by atoms with Gasteiger partial charge in [-0.25, -0.2) is 4.79 Å². The zero-order valence-electron chi connectivity index (χ0n) is 15.6. The van der Waals surface area contributed by atoms with Crippen LogP contribution in [0.4, 0.5) is 4.79 Å². The molecule has 0 radical (unpaired) electrons. The molecule has 1 aliphatic rings. The molecule has 1 atom stereocenters. The van der Waals surface area contributed by atoms with Gasteiger partial charge in [-0.1, -0.05) is 18.2 Å². The van der Waals surface area contributed by atoms with E-state index in [4.69, 9.17) is 10.5 Å². The van der Waals surface area contributed by atoms with Crippen LogP contribution in [0.15, 0.2) is 35.2 Å². The molecule has 1 aromatic carbocycles. The van der Waals surface area contributed by atoms with Crippen LogP contribution in [0.2, 0.25) is 0 Å². The number of hydrogen-bond donors (Lipinski definition) is 1. The molecule has 1 heterocycles. The van der Waals surface area contributed by atoms with Gasteiger partial charge in [-0.05, 0) is 45.9 Å². The molecule has 1 aromatic rings. The Morgan fingerprint density at radius 1 is 1.20 bits per heavy atom. The first kappa shape index (κ1) is 20.1. The third kappa shape index (κ3) is 7.67. The maximum Gasteiger partial charge on any atom is 0.410 e. The van der Waals surface area contributed by atoms with E-state index < -0.39 is 5.60 Å². The highest BCUT2D eigenvalue weighted by atomic mass is 32.2. The van der Waals surface area contributed by atoms with E-state index in [-0.39, 0.29) is 12.1 Å². The van der Waals surface area contributed by atoms with Crippen LogP contribution in [-0.2, 0) is 4.74 Å². The zero-order chi connectivity index (χ0) is 18.3. The Balaban J connectivity index is 1.62. The predicted molar refractivity (Wildman–Crippen MR) is 104 cm³/mol. The molecule has 0 unspecified atom stereocenters. The molecule has 0 bridgehead atoms. The third-order valence-corrected chi connectivity index (χ3v) is 5.25. The minimum absolute atomic E-state index is 0.189. The smallest absolute Gasteiger partial charge is 0.410 e. The van der Waals surface area contributed by atoms with Gasteiger partial charge in [-0.3, -0.25) is 4.90 Å². The summed E-state index contributed by atoms with van der Waals surface area (Å²) in [4.78, 5) is 17.5. The van der Waals surface area contributed by atoms with Gasteiger partial charge in [0.05, 0.1) is 0 Å². The largest absolute Gasteiger partial charge is 0.444 e. The Labute approximate surface area is 155 Å². The maximum atomic E-state index is 12.1. The molecule has 1 aliphatic heterocycles. The summed E-state index contributed by atoms with van der Waals surface area (Å²) in [6.07, 6.45) is 0.773. The highest BCUT2D eigenvalue weighted by Gasteiger charge is 2.25. The fourth-order valence-electron chi connectivity index (χ4n) is 2.63. The Bertz CT molecular complexity index is 525. The van der Waals surface area contributed by atoms with Crippen LogP contribution in [0.25, 0.3) is 0 Å². The van der Waals surface area contributed by atoms with E-state index in [1.807, 2.05) is 38.6 Å². The van der Waals surface area contributed by atoms with E-state index in [0.717, 1.165) is 44.9 Å². The lowest BCUT2D eigenvalue weighted by atomic mass is 10.2. The first-order chi connectivity index (χ1) is 11.8. The van der Waals surface area contributed by atoms with E-state index >= 15 is 0 Å². The van der Waals surface area contributed by atoms with E-state index in [0.29, 0.717) is 0 Å². The van der Waals surface area contributed by atoms with Crippen molar-refractivity contribution in [3.05, 3.63) is 30.3 Å². The summed E-state index contributed by atoms with van der Waals surface area (Å²) in [5.41, 5.74) is 5.82. The molecule has 6 heteroatoms. The lowest BCUT2D eigenvalue weighted by Gasteiger charge is -2.35. The van der Waals surface area contributed by atoms with Crippen molar-refractivity contribution in [3.8, 4) is 0 Å². The standard InChI is InChI=1S/C19H31N3O2S/c1-19(2,3)24-18(23)22-13-11-21(12-14-22)10-9-16(20)15-25-17-7-5-4-6-8-17/h4-8,16H,9-15,20H2,1-3H3/t16-/m1/s1. The number of thioether (sulfide) groups is 1. The second-order valence-corrected chi connectivity index (χ2v) is 8.58. The van der Waals surface area contributed by atoms with Crippen molar-refractivity contribution in [1.82, 2.24) is 9.80 Å². The van der Waals surface area contributed by atoms with Crippen LogP contribution < -0.4 is 5.73 Å². The number of ether oxygens (including phenoxy) is 1. The number of benzene rings is 1. The van der Waals surface area contributed by atoms with E-state index in [1.165, 1.54) is 4.90 Å². The summed E-state index contributed by atoms with van der Waals surface area (Å²) < 4.78 is 5.43. The van der Waals surface area contributed by atoms with Crippen LogP contribution in [0.3, 0.4) is 0 Å². The maximum absolute atomic E-state index is 12.1. The molecule has 1 fully saturated rings. The monoisotopic (exact) mass is 365 g/mol. The van der Waals surface area contributed by atoms with E-state index in [9.17, 15) is 4.79 Å². The van der Waals surface area contributed by atoms with Crippen molar-refractivity contribution in [2.75, 3.05) is 38.5 Å². The molecule has 0 aliphatic carbocycles. The molecule has 0 spiro atoms. The van der Waals surface area contributed by atoms with Crippen molar-refractivity contribution in [2.45, 2.75) is 43.7 Å². The van der Waals surface area contributed by atoms with Crippen molar-refractivity contribution in [2.24, 2.45) is 5.73 Å². The van der Waals surface area contributed by atoms with Crippen molar-refractivity contribution in [1.29, 1.82) is 0 Å². The lowest BCUT2D eigenvalue weighted by molar-refractivity contribution is 0.0143. The van der Waals surface area contributed by atoms with Gasteiger partial charge >= 0.3 is 6.09 Å².